The molecule has 0 radical (unpaired) electrons. The number of amides is 2. The zero-order chi connectivity index (χ0) is 29.0. The molecule has 2 aliphatic rings. The van der Waals surface area contributed by atoms with Crippen LogP contribution in [-0.4, -0.2) is 86.9 Å². The smallest absolute Gasteiger partial charge is 0.347 e. The maximum atomic E-state index is 15.9. The second-order valence-electron chi connectivity index (χ2n) is 10.5. The number of halogens is 5. The fourth-order valence-electron chi connectivity index (χ4n) is 5.19. The first-order valence-corrected chi connectivity index (χ1v) is 15.1. The molecule has 0 aliphatic carbocycles. The summed E-state index contributed by atoms with van der Waals surface area (Å²) in [4.78, 5) is 29.1. The van der Waals surface area contributed by atoms with Gasteiger partial charge in [0, 0.05) is 61.2 Å². The molecule has 7 nitrogen and oxygen atoms in total. The van der Waals surface area contributed by atoms with Gasteiger partial charge in [-0.2, -0.15) is 13.2 Å². The number of nitrogens with zero attached hydrogens (tertiary/aromatic N) is 2. The van der Waals surface area contributed by atoms with Gasteiger partial charge >= 0.3 is 6.18 Å². The third-order valence-corrected chi connectivity index (χ3v) is 8.14. The quantitative estimate of drug-likeness (QED) is 0.480. The topological polar surface area (TPSA) is 86.8 Å². The van der Waals surface area contributed by atoms with Crippen LogP contribution in [0.1, 0.15) is 44.1 Å². The molecule has 39 heavy (non-hydrogen) atoms. The maximum absolute atomic E-state index is 15.9. The van der Waals surface area contributed by atoms with E-state index in [1.165, 1.54) is 22.8 Å². The molecule has 2 heterocycles. The largest absolute Gasteiger partial charge is 0.401 e. The zero-order valence-corrected chi connectivity index (χ0v) is 23.5. The molecular formula is C26H34ClF4N3O4S. The Morgan fingerprint density at radius 2 is 1.87 bits per heavy atom. The van der Waals surface area contributed by atoms with Crippen LogP contribution in [0.25, 0.3) is 0 Å². The highest BCUT2D eigenvalue weighted by molar-refractivity contribution is 7.93. The fraction of sp³-hybridized carbons (Fsp3) is 0.615. The van der Waals surface area contributed by atoms with Crippen LogP contribution in [0.2, 0.25) is 5.02 Å². The molecule has 0 saturated carbocycles. The summed E-state index contributed by atoms with van der Waals surface area (Å²) in [6, 6.07) is 6.01. The Kier molecular flexibility index (Phi) is 10.1. The summed E-state index contributed by atoms with van der Waals surface area (Å²) in [6.07, 6.45) is -1.80. The number of benzene rings is 1. The Hall–Kier alpha value is -2.18. The van der Waals surface area contributed by atoms with E-state index < -0.39 is 57.9 Å². The molecule has 218 valence electrons. The van der Waals surface area contributed by atoms with Crippen LogP contribution in [-0.2, 0) is 19.4 Å². The second-order valence-corrected chi connectivity index (χ2v) is 12.8. The third kappa shape index (κ3) is 8.91. The van der Waals surface area contributed by atoms with Gasteiger partial charge in [-0.3, -0.25) is 14.5 Å². The standard InChI is InChI=1S/C26H34ClF4N3O4S/c1-18(9-14-39(2,37)38)32-24(36)25(28)10-5-6-12-34(13-11-25)23(35)21-16-33(17-26(29,30)31)15-20(21)19-7-3-4-8-22(19)27/h3-4,7-9,14,18,20-21H,5-6,10-13,15-17H2,1-2H3,(H,32,36)/b14-9-/t18-,20+,21+,25?/m1/s1. The summed E-state index contributed by atoms with van der Waals surface area (Å²) in [7, 11) is -3.42. The number of nitrogens with one attached hydrogen (secondary N) is 1. The van der Waals surface area contributed by atoms with E-state index in [1.54, 1.807) is 24.3 Å². The number of likely N-dealkylation sites (tertiary alicyclic amines) is 2. The summed E-state index contributed by atoms with van der Waals surface area (Å²) in [5.41, 5.74) is -1.70. The Bertz CT molecular complexity index is 1180. The third-order valence-electron chi connectivity index (χ3n) is 7.14. The maximum Gasteiger partial charge on any atom is 0.401 e. The Morgan fingerprint density at radius 3 is 2.51 bits per heavy atom. The SMILES string of the molecule is C[C@H](/C=C\S(C)(=O)=O)NC(=O)C1(F)CCCCN(C(=O)[C@H]2CN(CC(F)(F)F)C[C@H]2c2ccccc2Cl)CC1. The van der Waals surface area contributed by atoms with Crippen LogP contribution >= 0.6 is 11.6 Å². The molecule has 13 heteroatoms. The van der Waals surface area contributed by atoms with Crippen molar-refractivity contribution < 1.29 is 35.6 Å². The van der Waals surface area contributed by atoms with Gasteiger partial charge in [0.25, 0.3) is 5.91 Å². The number of carbonyl (C=O) groups is 2. The van der Waals surface area contributed by atoms with Gasteiger partial charge < -0.3 is 10.2 Å². The van der Waals surface area contributed by atoms with E-state index in [2.05, 4.69) is 5.32 Å². The molecule has 0 bridgehead atoms. The Morgan fingerprint density at radius 1 is 1.18 bits per heavy atom. The summed E-state index contributed by atoms with van der Waals surface area (Å²) >= 11 is 6.35. The first-order valence-electron chi connectivity index (χ1n) is 12.8. The van der Waals surface area contributed by atoms with Crippen molar-refractivity contribution in [2.45, 2.75) is 56.4 Å². The van der Waals surface area contributed by atoms with E-state index in [9.17, 15) is 31.2 Å². The van der Waals surface area contributed by atoms with Gasteiger partial charge in [-0.25, -0.2) is 12.8 Å². The number of hydrogen-bond donors (Lipinski definition) is 1. The molecule has 3 rings (SSSR count). The number of alkyl halides is 4. The van der Waals surface area contributed by atoms with Gasteiger partial charge in [0.2, 0.25) is 5.91 Å². The average Bonchev–Trinajstić information content (AvgIpc) is 3.21. The first-order chi connectivity index (χ1) is 18.1. The molecule has 2 aliphatic heterocycles. The van der Waals surface area contributed by atoms with E-state index in [0.717, 1.165) is 11.7 Å². The summed E-state index contributed by atoms with van der Waals surface area (Å²) in [6.45, 7) is 0.467. The lowest BCUT2D eigenvalue weighted by Crippen LogP contribution is -2.50. The van der Waals surface area contributed by atoms with Crippen LogP contribution in [0.15, 0.2) is 35.7 Å². The molecule has 1 aromatic carbocycles. The van der Waals surface area contributed by atoms with Gasteiger partial charge in [-0.05, 0) is 37.8 Å². The molecule has 1 N–H and O–H groups in total. The molecule has 1 unspecified atom stereocenters. The number of carbonyl (C=O) groups excluding carboxylic acids is 2. The van der Waals surface area contributed by atoms with Crippen molar-refractivity contribution in [3.8, 4) is 0 Å². The first kappa shape index (κ1) is 31.3. The van der Waals surface area contributed by atoms with Crippen LogP contribution in [0.4, 0.5) is 17.6 Å². The lowest BCUT2D eigenvalue weighted by atomic mass is 9.86. The van der Waals surface area contributed by atoms with Crippen molar-refractivity contribution in [3.05, 3.63) is 46.3 Å². The molecule has 2 fully saturated rings. The fourth-order valence-corrected chi connectivity index (χ4v) is 5.99. The predicted molar refractivity (Wildman–Crippen MR) is 141 cm³/mol. The second kappa shape index (κ2) is 12.6. The molecular weight excluding hydrogens is 562 g/mol. The highest BCUT2D eigenvalue weighted by atomic mass is 35.5. The summed E-state index contributed by atoms with van der Waals surface area (Å²) < 4.78 is 78.0. The van der Waals surface area contributed by atoms with Crippen LogP contribution in [0, 0.1) is 5.92 Å². The van der Waals surface area contributed by atoms with Crippen molar-refractivity contribution in [2.75, 3.05) is 39.0 Å². The highest BCUT2D eigenvalue weighted by Crippen LogP contribution is 2.39. The number of hydrogen-bond acceptors (Lipinski definition) is 5. The molecule has 0 spiro atoms. The van der Waals surface area contributed by atoms with Gasteiger partial charge in [0.1, 0.15) is 0 Å². The van der Waals surface area contributed by atoms with Crippen molar-refractivity contribution in [2.24, 2.45) is 5.92 Å². The van der Waals surface area contributed by atoms with Gasteiger partial charge in [-0.1, -0.05) is 35.9 Å². The Balaban J connectivity index is 1.75. The average molecular weight is 596 g/mol. The highest BCUT2D eigenvalue weighted by Gasteiger charge is 2.46. The number of rotatable bonds is 7. The Labute approximate surface area is 231 Å². The van der Waals surface area contributed by atoms with Crippen molar-refractivity contribution in [1.29, 1.82) is 0 Å². The molecule has 2 saturated heterocycles. The normalized spacial score (nSPS) is 26.3. The van der Waals surface area contributed by atoms with E-state index in [1.807, 2.05) is 0 Å². The van der Waals surface area contributed by atoms with Crippen LogP contribution < -0.4 is 5.32 Å². The molecule has 2 amide bonds. The number of sulfone groups is 1. The monoisotopic (exact) mass is 595 g/mol. The van der Waals surface area contributed by atoms with Gasteiger partial charge in [0.15, 0.2) is 15.5 Å². The predicted octanol–water partition coefficient (Wildman–Crippen LogP) is 4.09. The minimum Gasteiger partial charge on any atom is -0.347 e. The minimum absolute atomic E-state index is 0.00182. The van der Waals surface area contributed by atoms with Gasteiger partial charge in [-0.15, -0.1) is 0 Å². The van der Waals surface area contributed by atoms with Crippen LogP contribution in [0.5, 0.6) is 0 Å². The van der Waals surface area contributed by atoms with E-state index in [4.69, 9.17) is 11.6 Å². The minimum atomic E-state index is -4.43. The molecule has 1 aromatic rings. The molecule has 4 atom stereocenters. The summed E-state index contributed by atoms with van der Waals surface area (Å²) in [5, 5.41) is 3.77. The van der Waals surface area contributed by atoms with Crippen molar-refractivity contribution in [3.63, 3.8) is 0 Å². The lowest BCUT2D eigenvalue weighted by Gasteiger charge is -2.34. The lowest BCUT2D eigenvalue weighted by molar-refractivity contribution is -0.146. The van der Waals surface area contributed by atoms with Crippen LogP contribution in [0.3, 0.4) is 0 Å². The van der Waals surface area contributed by atoms with Crippen molar-refractivity contribution in [1.82, 2.24) is 15.1 Å². The van der Waals surface area contributed by atoms with Crippen molar-refractivity contribution >= 4 is 33.3 Å². The van der Waals surface area contributed by atoms with E-state index in [-0.39, 0.29) is 32.5 Å². The zero-order valence-electron chi connectivity index (χ0n) is 21.9. The van der Waals surface area contributed by atoms with E-state index >= 15 is 4.39 Å². The molecule has 0 aromatic heterocycles. The van der Waals surface area contributed by atoms with Gasteiger partial charge in [0.05, 0.1) is 12.5 Å². The van der Waals surface area contributed by atoms with E-state index in [0.29, 0.717) is 30.0 Å². The summed E-state index contributed by atoms with van der Waals surface area (Å²) in [5.74, 6) is -2.66.